The van der Waals surface area contributed by atoms with Gasteiger partial charge in [-0.25, -0.2) is 0 Å². The maximum absolute atomic E-state index is 11.5. The van der Waals surface area contributed by atoms with E-state index in [1.807, 2.05) is 0 Å². The first-order chi connectivity index (χ1) is 7.69. The molecule has 0 spiro atoms. The number of nitrogens with one attached hydrogen (secondary N) is 1. The van der Waals surface area contributed by atoms with Crippen molar-refractivity contribution in [2.75, 3.05) is 6.54 Å². The van der Waals surface area contributed by atoms with Crippen LogP contribution in [0.15, 0.2) is 22.8 Å². The van der Waals surface area contributed by atoms with Gasteiger partial charge < -0.3 is 9.73 Å². The summed E-state index contributed by atoms with van der Waals surface area (Å²) >= 11 is 6.21. The van der Waals surface area contributed by atoms with Gasteiger partial charge in [0, 0.05) is 6.54 Å². The van der Waals surface area contributed by atoms with Gasteiger partial charge in [-0.05, 0) is 18.1 Å². The van der Waals surface area contributed by atoms with Crippen LogP contribution in [0.4, 0.5) is 0 Å². The second-order valence-corrected chi connectivity index (χ2v) is 4.34. The summed E-state index contributed by atoms with van der Waals surface area (Å²) in [6, 6.07) is 3.32. The highest BCUT2D eigenvalue weighted by Crippen LogP contribution is 2.17. The molecule has 1 N–H and O–H groups in total. The zero-order valence-electron chi connectivity index (χ0n) is 9.70. The van der Waals surface area contributed by atoms with Gasteiger partial charge in [0.25, 0.3) is 5.91 Å². The van der Waals surface area contributed by atoms with Crippen molar-refractivity contribution in [1.29, 1.82) is 0 Å². The van der Waals surface area contributed by atoms with E-state index in [9.17, 15) is 4.79 Å². The molecule has 0 aromatic carbocycles. The quantitative estimate of drug-likeness (QED) is 0.781. The van der Waals surface area contributed by atoms with Crippen LogP contribution in [0, 0.1) is 5.92 Å². The van der Waals surface area contributed by atoms with Gasteiger partial charge in [0.05, 0.1) is 11.6 Å². The van der Waals surface area contributed by atoms with E-state index in [1.54, 1.807) is 12.1 Å². The summed E-state index contributed by atoms with van der Waals surface area (Å²) in [5, 5.41) is 2.75. The van der Waals surface area contributed by atoms with Crippen LogP contribution in [0.25, 0.3) is 0 Å². The number of hydrogen-bond acceptors (Lipinski definition) is 2. The van der Waals surface area contributed by atoms with Gasteiger partial charge in [-0.15, -0.1) is 11.6 Å². The lowest BCUT2D eigenvalue weighted by Gasteiger charge is -2.19. The van der Waals surface area contributed by atoms with E-state index in [-0.39, 0.29) is 11.3 Å². The van der Waals surface area contributed by atoms with Gasteiger partial charge in [0.2, 0.25) is 0 Å². The summed E-state index contributed by atoms with van der Waals surface area (Å²) in [5.74, 6) is 0.564. The van der Waals surface area contributed by atoms with E-state index in [0.717, 1.165) is 12.8 Å². The van der Waals surface area contributed by atoms with Crippen molar-refractivity contribution in [3.8, 4) is 0 Å². The number of amides is 1. The smallest absolute Gasteiger partial charge is 0.287 e. The minimum atomic E-state index is -0.207. The fourth-order valence-electron chi connectivity index (χ4n) is 1.65. The zero-order valence-corrected chi connectivity index (χ0v) is 10.5. The Morgan fingerprint density at radius 2 is 2.19 bits per heavy atom. The molecule has 0 bridgehead atoms. The molecule has 90 valence electrons. The second kappa shape index (κ2) is 6.59. The molecule has 1 atom stereocenters. The highest BCUT2D eigenvalue weighted by Gasteiger charge is 2.17. The standard InChI is InChI=1S/C12H18ClNO2/c1-3-9(4-2)10(13)8-14-12(15)11-6-5-7-16-11/h5-7,9-10H,3-4,8H2,1-2H3,(H,14,15). The van der Waals surface area contributed by atoms with Crippen molar-refractivity contribution in [2.45, 2.75) is 32.1 Å². The van der Waals surface area contributed by atoms with Crippen LogP contribution in [-0.2, 0) is 0 Å². The fourth-order valence-corrected chi connectivity index (χ4v) is 2.09. The van der Waals surface area contributed by atoms with E-state index in [0.29, 0.717) is 18.2 Å². The van der Waals surface area contributed by atoms with Gasteiger partial charge >= 0.3 is 0 Å². The number of alkyl halides is 1. The number of halogens is 1. The first-order valence-corrected chi connectivity index (χ1v) is 6.08. The molecule has 1 aromatic rings. The van der Waals surface area contributed by atoms with Crippen LogP contribution in [0.2, 0.25) is 0 Å². The molecule has 1 unspecified atom stereocenters. The molecule has 3 nitrogen and oxygen atoms in total. The first-order valence-electron chi connectivity index (χ1n) is 5.64. The molecule has 1 aromatic heterocycles. The lowest BCUT2D eigenvalue weighted by Crippen LogP contribution is -2.32. The maximum atomic E-state index is 11.5. The lowest BCUT2D eigenvalue weighted by atomic mass is 9.99. The summed E-state index contributed by atoms with van der Waals surface area (Å²) in [7, 11) is 0. The van der Waals surface area contributed by atoms with E-state index in [4.69, 9.17) is 16.0 Å². The van der Waals surface area contributed by atoms with E-state index in [1.165, 1.54) is 6.26 Å². The van der Waals surface area contributed by atoms with Crippen molar-refractivity contribution in [1.82, 2.24) is 5.32 Å². The summed E-state index contributed by atoms with van der Waals surface area (Å²) in [6.07, 6.45) is 3.54. The fraction of sp³-hybridized carbons (Fsp3) is 0.583. The van der Waals surface area contributed by atoms with Gasteiger partial charge in [-0.1, -0.05) is 26.7 Å². The third kappa shape index (κ3) is 3.56. The van der Waals surface area contributed by atoms with Crippen molar-refractivity contribution in [2.24, 2.45) is 5.92 Å². The molecule has 1 amide bonds. The SMILES string of the molecule is CCC(CC)C(Cl)CNC(=O)c1ccco1. The minimum absolute atomic E-state index is 0.0195. The van der Waals surface area contributed by atoms with Gasteiger partial charge in [-0.3, -0.25) is 4.79 Å². The summed E-state index contributed by atoms with van der Waals surface area (Å²) < 4.78 is 4.99. The van der Waals surface area contributed by atoms with Gasteiger partial charge in [0.1, 0.15) is 0 Å². The highest BCUT2D eigenvalue weighted by molar-refractivity contribution is 6.21. The number of hydrogen-bond donors (Lipinski definition) is 1. The number of carbonyl (C=O) groups excluding carboxylic acids is 1. The molecule has 1 rings (SSSR count). The van der Waals surface area contributed by atoms with E-state index >= 15 is 0 Å². The van der Waals surface area contributed by atoms with Gasteiger partial charge in [-0.2, -0.15) is 0 Å². The number of furan rings is 1. The normalized spacial score (nSPS) is 12.8. The minimum Gasteiger partial charge on any atom is -0.459 e. The van der Waals surface area contributed by atoms with Crippen LogP contribution >= 0.6 is 11.6 Å². The topological polar surface area (TPSA) is 42.2 Å². The average molecular weight is 244 g/mol. The third-order valence-electron chi connectivity index (χ3n) is 2.76. The highest BCUT2D eigenvalue weighted by atomic mass is 35.5. The predicted molar refractivity (Wildman–Crippen MR) is 64.8 cm³/mol. The maximum Gasteiger partial charge on any atom is 0.287 e. The zero-order chi connectivity index (χ0) is 12.0. The van der Waals surface area contributed by atoms with E-state index in [2.05, 4.69) is 19.2 Å². The van der Waals surface area contributed by atoms with Crippen LogP contribution in [-0.4, -0.2) is 17.8 Å². The van der Waals surface area contributed by atoms with Crippen LogP contribution < -0.4 is 5.32 Å². The number of carbonyl (C=O) groups is 1. The predicted octanol–water partition coefficient (Wildman–Crippen LogP) is 3.05. The average Bonchev–Trinajstić information content (AvgIpc) is 2.81. The monoisotopic (exact) mass is 243 g/mol. The molecule has 0 aliphatic heterocycles. The molecule has 0 saturated heterocycles. The Labute approximate surface area is 101 Å². The molecule has 0 aliphatic carbocycles. The van der Waals surface area contributed by atoms with Crippen LogP contribution in [0.5, 0.6) is 0 Å². The molecule has 0 aliphatic rings. The lowest BCUT2D eigenvalue weighted by molar-refractivity contribution is 0.0924. The largest absolute Gasteiger partial charge is 0.459 e. The van der Waals surface area contributed by atoms with Crippen molar-refractivity contribution in [3.63, 3.8) is 0 Å². The van der Waals surface area contributed by atoms with Crippen molar-refractivity contribution < 1.29 is 9.21 Å². The Balaban J connectivity index is 2.37. The Hall–Kier alpha value is -0.960. The molecule has 16 heavy (non-hydrogen) atoms. The Bertz CT molecular complexity index is 307. The molecule has 0 radical (unpaired) electrons. The van der Waals surface area contributed by atoms with Gasteiger partial charge in [0.15, 0.2) is 5.76 Å². The molecule has 4 heteroatoms. The molecule has 1 heterocycles. The molecule has 0 saturated carbocycles. The Morgan fingerprint density at radius 1 is 1.50 bits per heavy atom. The second-order valence-electron chi connectivity index (χ2n) is 3.78. The van der Waals surface area contributed by atoms with Crippen molar-refractivity contribution >= 4 is 17.5 Å². The van der Waals surface area contributed by atoms with E-state index < -0.39 is 0 Å². The Morgan fingerprint density at radius 3 is 2.69 bits per heavy atom. The van der Waals surface area contributed by atoms with Crippen LogP contribution in [0.3, 0.4) is 0 Å². The summed E-state index contributed by atoms with van der Waals surface area (Å²) in [4.78, 5) is 11.5. The first kappa shape index (κ1) is 13.1. The Kier molecular flexibility index (Phi) is 5.39. The van der Waals surface area contributed by atoms with Crippen molar-refractivity contribution in [3.05, 3.63) is 24.2 Å². The number of rotatable bonds is 6. The molecule has 0 fully saturated rings. The van der Waals surface area contributed by atoms with Crippen LogP contribution in [0.1, 0.15) is 37.2 Å². The third-order valence-corrected chi connectivity index (χ3v) is 3.27. The summed E-state index contributed by atoms with van der Waals surface area (Å²) in [6.45, 7) is 4.70. The summed E-state index contributed by atoms with van der Waals surface area (Å²) in [5.41, 5.74) is 0. The molecular formula is C12H18ClNO2. The molecular weight excluding hydrogens is 226 g/mol.